The maximum Gasteiger partial charge on any atom is 0.225 e. The molecular weight excluding hydrogens is 214 g/mol. The molecule has 3 nitrogen and oxygen atoms in total. The predicted octanol–water partition coefficient (Wildman–Crippen LogP) is 2.60. The Balaban J connectivity index is 2.50. The molecule has 1 saturated carbocycles. The lowest BCUT2D eigenvalue weighted by atomic mass is 9.90. The highest BCUT2D eigenvalue weighted by Crippen LogP contribution is 2.31. The fraction of sp³-hybridized carbons (Fsp3) is 0.929. The Labute approximate surface area is 105 Å². The molecule has 0 unspecified atom stereocenters. The van der Waals surface area contributed by atoms with Gasteiger partial charge in [0.2, 0.25) is 5.91 Å². The van der Waals surface area contributed by atoms with Crippen LogP contribution in [0.25, 0.3) is 0 Å². The van der Waals surface area contributed by atoms with Crippen LogP contribution < -0.4 is 5.32 Å². The summed E-state index contributed by atoms with van der Waals surface area (Å²) in [5.41, 5.74) is 0. The summed E-state index contributed by atoms with van der Waals surface area (Å²) in [7, 11) is 1.65. The quantitative estimate of drug-likeness (QED) is 0.803. The first-order valence-corrected chi connectivity index (χ1v) is 6.80. The summed E-state index contributed by atoms with van der Waals surface area (Å²) in [5, 5.41) is 3.21. The van der Waals surface area contributed by atoms with Gasteiger partial charge in [-0.25, -0.2) is 0 Å². The van der Waals surface area contributed by atoms with Gasteiger partial charge in [0.15, 0.2) is 0 Å². The van der Waals surface area contributed by atoms with Crippen molar-refractivity contribution in [2.45, 2.75) is 59.1 Å². The highest BCUT2D eigenvalue weighted by molar-refractivity contribution is 5.79. The van der Waals surface area contributed by atoms with Gasteiger partial charge in [-0.3, -0.25) is 4.79 Å². The summed E-state index contributed by atoms with van der Waals surface area (Å²) in [6.07, 6.45) is 3.59. The molecule has 3 heteroatoms. The number of ether oxygens (including phenoxy) is 1. The van der Waals surface area contributed by atoms with Crippen LogP contribution in [0.1, 0.15) is 47.0 Å². The first-order chi connectivity index (χ1) is 7.97. The fourth-order valence-corrected chi connectivity index (χ4v) is 2.70. The number of nitrogens with one attached hydrogen (secondary N) is 1. The summed E-state index contributed by atoms with van der Waals surface area (Å²) < 4.78 is 5.21. The van der Waals surface area contributed by atoms with E-state index in [2.05, 4.69) is 19.2 Å². The molecule has 0 spiro atoms. The maximum atomic E-state index is 12.1. The van der Waals surface area contributed by atoms with Crippen molar-refractivity contribution in [3.05, 3.63) is 0 Å². The van der Waals surface area contributed by atoms with E-state index in [1.807, 2.05) is 13.8 Å². The monoisotopic (exact) mass is 241 g/mol. The summed E-state index contributed by atoms with van der Waals surface area (Å²) in [6.45, 7) is 8.37. The van der Waals surface area contributed by atoms with E-state index in [4.69, 9.17) is 4.74 Å². The van der Waals surface area contributed by atoms with Crippen LogP contribution in [-0.2, 0) is 9.53 Å². The highest BCUT2D eigenvalue weighted by Gasteiger charge is 2.32. The molecule has 0 aromatic rings. The van der Waals surface area contributed by atoms with Gasteiger partial charge in [-0.2, -0.15) is 0 Å². The van der Waals surface area contributed by atoms with Crippen molar-refractivity contribution in [3.8, 4) is 0 Å². The maximum absolute atomic E-state index is 12.1. The third kappa shape index (κ3) is 3.70. The molecule has 1 rings (SSSR count). The molecule has 1 N–H and O–H groups in total. The zero-order valence-electron chi connectivity index (χ0n) is 11.8. The molecule has 4 atom stereocenters. The Bertz CT molecular complexity index is 253. The Morgan fingerprint density at radius 1 is 1.24 bits per heavy atom. The van der Waals surface area contributed by atoms with Crippen molar-refractivity contribution >= 4 is 5.91 Å². The fourth-order valence-electron chi connectivity index (χ4n) is 2.70. The number of rotatable bonds is 5. The molecule has 1 fully saturated rings. The van der Waals surface area contributed by atoms with Crippen LogP contribution in [0.5, 0.6) is 0 Å². The molecule has 0 aliphatic heterocycles. The van der Waals surface area contributed by atoms with Crippen molar-refractivity contribution < 1.29 is 9.53 Å². The van der Waals surface area contributed by atoms with Crippen molar-refractivity contribution in [1.29, 1.82) is 0 Å². The standard InChI is InChI=1S/C14H27NO2/c1-9(2)12-7-6-8-13(12)15-14(16)10(3)11(4)17-5/h9-13H,6-8H2,1-5H3,(H,15,16)/t10-,11+,12+,13-/m0/s1. The van der Waals surface area contributed by atoms with Gasteiger partial charge in [-0.1, -0.05) is 27.2 Å². The van der Waals surface area contributed by atoms with Gasteiger partial charge in [0.1, 0.15) is 0 Å². The largest absolute Gasteiger partial charge is 0.381 e. The zero-order chi connectivity index (χ0) is 13.0. The highest BCUT2D eigenvalue weighted by atomic mass is 16.5. The molecule has 100 valence electrons. The lowest BCUT2D eigenvalue weighted by Gasteiger charge is -2.26. The molecule has 0 heterocycles. The number of amides is 1. The zero-order valence-corrected chi connectivity index (χ0v) is 11.8. The van der Waals surface area contributed by atoms with Crippen LogP contribution in [0, 0.1) is 17.8 Å². The van der Waals surface area contributed by atoms with Crippen LogP contribution >= 0.6 is 0 Å². The van der Waals surface area contributed by atoms with Gasteiger partial charge in [-0.05, 0) is 31.6 Å². The van der Waals surface area contributed by atoms with Crippen LogP contribution in [0.2, 0.25) is 0 Å². The molecule has 0 aromatic heterocycles. The molecule has 0 radical (unpaired) electrons. The third-order valence-corrected chi connectivity index (χ3v) is 4.24. The molecule has 17 heavy (non-hydrogen) atoms. The average Bonchev–Trinajstić information content (AvgIpc) is 2.75. The average molecular weight is 241 g/mol. The normalized spacial score (nSPS) is 28.1. The first-order valence-electron chi connectivity index (χ1n) is 6.80. The number of hydrogen-bond donors (Lipinski definition) is 1. The molecule has 1 amide bonds. The second-order valence-corrected chi connectivity index (χ2v) is 5.68. The first kappa shape index (κ1) is 14.5. The van der Waals surface area contributed by atoms with Crippen LogP contribution in [0.4, 0.5) is 0 Å². The Kier molecular flexibility index (Phi) is 5.44. The van der Waals surface area contributed by atoms with Crippen molar-refractivity contribution in [2.24, 2.45) is 17.8 Å². The van der Waals surface area contributed by atoms with Gasteiger partial charge < -0.3 is 10.1 Å². The Morgan fingerprint density at radius 2 is 1.88 bits per heavy atom. The summed E-state index contributed by atoms with van der Waals surface area (Å²) in [4.78, 5) is 12.1. The van der Waals surface area contributed by atoms with Gasteiger partial charge in [-0.15, -0.1) is 0 Å². The van der Waals surface area contributed by atoms with E-state index in [0.29, 0.717) is 17.9 Å². The topological polar surface area (TPSA) is 38.3 Å². The predicted molar refractivity (Wildman–Crippen MR) is 69.7 cm³/mol. The van der Waals surface area contributed by atoms with Gasteiger partial charge in [0.05, 0.1) is 12.0 Å². The van der Waals surface area contributed by atoms with E-state index < -0.39 is 0 Å². The van der Waals surface area contributed by atoms with E-state index in [1.165, 1.54) is 12.8 Å². The van der Waals surface area contributed by atoms with Crippen molar-refractivity contribution in [3.63, 3.8) is 0 Å². The molecule has 1 aliphatic carbocycles. The van der Waals surface area contributed by atoms with Crippen LogP contribution in [0.3, 0.4) is 0 Å². The molecule has 0 saturated heterocycles. The Hall–Kier alpha value is -0.570. The summed E-state index contributed by atoms with van der Waals surface area (Å²) in [5.74, 6) is 1.35. The smallest absolute Gasteiger partial charge is 0.225 e. The van der Waals surface area contributed by atoms with E-state index in [-0.39, 0.29) is 17.9 Å². The van der Waals surface area contributed by atoms with Crippen molar-refractivity contribution in [2.75, 3.05) is 7.11 Å². The minimum atomic E-state index is -0.0755. The van der Waals surface area contributed by atoms with Gasteiger partial charge >= 0.3 is 0 Å². The summed E-state index contributed by atoms with van der Waals surface area (Å²) >= 11 is 0. The number of carbonyl (C=O) groups is 1. The minimum Gasteiger partial charge on any atom is -0.381 e. The Morgan fingerprint density at radius 3 is 2.41 bits per heavy atom. The van der Waals surface area contributed by atoms with E-state index in [0.717, 1.165) is 6.42 Å². The number of hydrogen-bond acceptors (Lipinski definition) is 2. The lowest BCUT2D eigenvalue weighted by Crippen LogP contribution is -2.44. The minimum absolute atomic E-state index is 0.0195. The van der Waals surface area contributed by atoms with Crippen LogP contribution in [-0.4, -0.2) is 25.2 Å². The van der Waals surface area contributed by atoms with E-state index in [1.54, 1.807) is 7.11 Å². The van der Waals surface area contributed by atoms with Crippen LogP contribution in [0.15, 0.2) is 0 Å². The number of methoxy groups -OCH3 is 1. The molecule has 0 aromatic carbocycles. The second kappa shape index (κ2) is 6.39. The van der Waals surface area contributed by atoms with Gasteiger partial charge in [0, 0.05) is 13.2 Å². The molecule has 0 bridgehead atoms. The van der Waals surface area contributed by atoms with Crippen molar-refractivity contribution in [1.82, 2.24) is 5.32 Å². The molecule has 1 aliphatic rings. The second-order valence-electron chi connectivity index (χ2n) is 5.68. The SMILES string of the molecule is CO[C@H](C)[C@H](C)C(=O)N[C@H]1CCC[C@@H]1C(C)C. The van der Waals surface area contributed by atoms with Gasteiger partial charge in [0.25, 0.3) is 0 Å². The van der Waals surface area contributed by atoms with E-state index in [9.17, 15) is 4.79 Å². The van der Waals surface area contributed by atoms with E-state index >= 15 is 0 Å². The lowest BCUT2D eigenvalue weighted by molar-refractivity contribution is -0.129. The molecular formula is C14H27NO2. The summed E-state index contributed by atoms with van der Waals surface area (Å²) in [6, 6.07) is 0.369. The number of carbonyl (C=O) groups excluding carboxylic acids is 1. The third-order valence-electron chi connectivity index (χ3n) is 4.24.